The molecule has 3 N–H and O–H groups in total. The van der Waals surface area contributed by atoms with Gasteiger partial charge in [-0.05, 0) is 31.0 Å². The third-order valence-corrected chi connectivity index (χ3v) is 3.02. The Balaban J connectivity index is 2.13. The largest absolute Gasteiger partial charge is 0.367 e. The third kappa shape index (κ3) is 1.70. The Morgan fingerprint density at radius 2 is 2.50 bits per heavy atom. The van der Waals surface area contributed by atoms with E-state index in [9.17, 15) is 0 Å². The van der Waals surface area contributed by atoms with Crippen molar-refractivity contribution in [1.29, 1.82) is 0 Å². The zero-order chi connectivity index (χ0) is 9.97. The van der Waals surface area contributed by atoms with E-state index in [0.29, 0.717) is 12.1 Å². The van der Waals surface area contributed by atoms with E-state index in [2.05, 4.69) is 29.1 Å². The fraction of sp³-hybridized carbons (Fsp3) is 0.636. The molecule has 0 aliphatic carbocycles. The Kier molecular flexibility index (Phi) is 2.89. The molecule has 0 bridgehead atoms. The highest BCUT2D eigenvalue weighted by atomic mass is 15.2. The number of hydrogen-bond acceptors (Lipinski definition) is 2. The SMILES string of the molecule is CCCN1CC[C@H](N)[C@H]1c1cc[nH]c1. The van der Waals surface area contributed by atoms with Crippen LogP contribution in [0.5, 0.6) is 0 Å². The van der Waals surface area contributed by atoms with Crippen LogP contribution in [0.3, 0.4) is 0 Å². The number of aromatic nitrogens is 1. The van der Waals surface area contributed by atoms with Crippen LogP contribution >= 0.6 is 0 Å². The van der Waals surface area contributed by atoms with E-state index in [1.165, 1.54) is 12.0 Å². The highest BCUT2D eigenvalue weighted by molar-refractivity contribution is 5.18. The van der Waals surface area contributed by atoms with Crippen LogP contribution in [0.2, 0.25) is 0 Å². The van der Waals surface area contributed by atoms with Crippen molar-refractivity contribution in [2.24, 2.45) is 5.73 Å². The maximum absolute atomic E-state index is 6.14. The molecule has 1 fully saturated rings. The Labute approximate surface area is 85.3 Å². The summed E-state index contributed by atoms with van der Waals surface area (Å²) in [6, 6.07) is 2.87. The minimum atomic E-state index is 0.303. The van der Waals surface area contributed by atoms with Crippen molar-refractivity contribution in [2.75, 3.05) is 13.1 Å². The summed E-state index contributed by atoms with van der Waals surface area (Å²) in [4.78, 5) is 5.60. The molecule has 2 rings (SSSR count). The van der Waals surface area contributed by atoms with E-state index in [1.54, 1.807) is 0 Å². The Morgan fingerprint density at radius 3 is 3.14 bits per heavy atom. The molecule has 0 amide bonds. The highest BCUT2D eigenvalue weighted by Crippen LogP contribution is 2.30. The standard InChI is InChI=1S/C11H19N3/c1-2-6-14-7-4-10(12)11(14)9-3-5-13-8-9/h3,5,8,10-11,13H,2,4,6-7,12H2,1H3/t10-,11+/m0/s1. The van der Waals surface area contributed by atoms with Crippen LogP contribution in [0.4, 0.5) is 0 Å². The maximum atomic E-state index is 6.14. The molecule has 3 heteroatoms. The predicted octanol–water partition coefficient (Wildman–Crippen LogP) is 1.50. The number of rotatable bonds is 3. The number of nitrogens with zero attached hydrogens (tertiary/aromatic N) is 1. The molecule has 0 spiro atoms. The fourth-order valence-corrected chi connectivity index (χ4v) is 2.40. The van der Waals surface area contributed by atoms with Gasteiger partial charge in [-0.1, -0.05) is 6.92 Å². The van der Waals surface area contributed by atoms with E-state index >= 15 is 0 Å². The topological polar surface area (TPSA) is 45.0 Å². The average Bonchev–Trinajstić information content (AvgIpc) is 2.76. The molecule has 0 aromatic carbocycles. The van der Waals surface area contributed by atoms with Gasteiger partial charge in [-0.3, -0.25) is 4.90 Å². The molecule has 78 valence electrons. The molecule has 0 radical (unpaired) electrons. The number of H-pyrrole nitrogens is 1. The van der Waals surface area contributed by atoms with Crippen molar-refractivity contribution >= 4 is 0 Å². The van der Waals surface area contributed by atoms with Gasteiger partial charge in [0.15, 0.2) is 0 Å². The number of likely N-dealkylation sites (tertiary alicyclic amines) is 1. The van der Waals surface area contributed by atoms with Crippen LogP contribution in [0, 0.1) is 0 Å². The van der Waals surface area contributed by atoms with Gasteiger partial charge in [0.05, 0.1) is 6.04 Å². The summed E-state index contributed by atoms with van der Waals surface area (Å²) in [5.74, 6) is 0. The van der Waals surface area contributed by atoms with Gasteiger partial charge < -0.3 is 10.7 Å². The second-order valence-electron chi connectivity index (χ2n) is 4.08. The molecule has 1 aromatic heterocycles. The molecule has 0 saturated carbocycles. The lowest BCUT2D eigenvalue weighted by molar-refractivity contribution is 0.248. The van der Waals surface area contributed by atoms with E-state index in [0.717, 1.165) is 19.5 Å². The minimum absolute atomic E-state index is 0.303. The summed E-state index contributed by atoms with van der Waals surface area (Å²) >= 11 is 0. The van der Waals surface area contributed by atoms with Crippen LogP contribution in [0.25, 0.3) is 0 Å². The van der Waals surface area contributed by atoms with Crippen LogP contribution in [0.15, 0.2) is 18.5 Å². The lowest BCUT2D eigenvalue weighted by Gasteiger charge is -2.25. The van der Waals surface area contributed by atoms with Gasteiger partial charge in [0.2, 0.25) is 0 Å². The van der Waals surface area contributed by atoms with Crippen molar-refractivity contribution in [3.05, 3.63) is 24.0 Å². The summed E-state index contributed by atoms with van der Waals surface area (Å²) in [5, 5.41) is 0. The van der Waals surface area contributed by atoms with E-state index in [-0.39, 0.29) is 0 Å². The van der Waals surface area contributed by atoms with Crippen LogP contribution in [0.1, 0.15) is 31.4 Å². The second-order valence-corrected chi connectivity index (χ2v) is 4.08. The van der Waals surface area contributed by atoms with Gasteiger partial charge in [-0.15, -0.1) is 0 Å². The first-order valence-corrected chi connectivity index (χ1v) is 5.45. The van der Waals surface area contributed by atoms with Crippen LogP contribution in [-0.4, -0.2) is 29.0 Å². The van der Waals surface area contributed by atoms with Crippen molar-refractivity contribution in [3.63, 3.8) is 0 Å². The lowest BCUT2D eigenvalue weighted by atomic mass is 10.0. The zero-order valence-electron chi connectivity index (χ0n) is 8.74. The first-order valence-electron chi connectivity index (χ1n) is 5.45. The normalized spacial score (nSPS) is 28.4. The maximum Gasteiger partial charge on any atom is 0.0514 e. The molecular weight excluding hydrogens is 174 g/mol. The van der Waals surface area contributed by atoms with E-state index < -0.39 is 0 Å². The van der Waals surface area contributed by atoms with E-state index in [1.807, 2.05) is 6.20 Å². The molecule has 2 atom stereocenters. The zero-order valence-corrected chi connectivity index (χ0v) is 8.74. The quantitative estimate of drug-likeness (QED) is 0.764. The third-order valence-electron chi connectivity index (χ3n) is 3.02. The summed E-state index contributed by atoms with van der Waals surface area (Å²) in [5.41, 5.74) is 7.47. The van der Waals surface area contributed by atoms with Gasteiger partial charge in [-0.25, -0.2) is 0 Å². The van der Waals surface area contributed by atoms with Gasteiger partial charge in [0.1, 0.15) is 0 Å². The predicted molar refractivity (Wildman–Crippen MR) is 58.0 cm³/mol. The van der Waals surface area contributed by atoms with Gasteiger partial charge >= 0.3 is 0 Å². The molecule has 14 heavy (non-hydrogen) atoms. The molecule has 2 heterocycles. The summed E-state index contributed by atoms with van der Waals surface area (Å²) < 4.78 is 0. The Morgan fingerprint density at radius 1 is 1.64 bits per heavy atom. The Bertz CT molecular complexity index is 266. The van der Waals surface area contributed by atoms with Gasteiger partial charge in [0, 0.05) is 25.0 Å². The molecule has 0 unspecified atom stereocenters. The van der Waals surface area contributed by atoms with Gasteiger partial charge in [0.25, 0.3) is 0 Å². The number of aromatic amines is 1. The molecule has 1 aliphatic rings. The minimum Gasteiger partial charge on any atom is -0.367 e. The molecule has 1 aliphatic heterocycles. The van der Waals surface area contributed by atoms with Crippen molar-refractivity contribution in [1.82, 2.24) is 9.88 Å². The van der Waals surface area contributed by atoms with Crippen LogP contribution < -0.4 is 5.73 Å². The Hall–Kier alpha value is -0.800. The lowest BCUT2D eigenvalue weighted by Crippen LogP contribution is -2.31. The second kappa shape index (κ2) is 4.15. The van der Waals surface area contributed by atoms with Crippen molar-refractivity contribution in [3.8, 4) is 0 Å². The smallest absolute Gasteiger partial charge is 0.0514 e. The average molecular weight is 193 g/mol. The van der Waals surface area contributed by atoms with E-state index in [4.69, 9.17) is 5.73 Å². The van der Waals surface area contributed by atoms with Crippen molar-refractivity contribution in [2.45, 2.75) is 31.8 Å². The van der Waals surface area contributed by atoms with Crippen LogP contribution in [-0.2, 0) is 0 Å². The first-order chi connectivity index (χ1) is 6.83. The fourth-order valence-electron chi connectivity index (χ4n) is 2.40. The first kappa shape index (κ1) is 9.74. The highest BCUT2D eigenvalue weighted by Gasteiger charge is 2.32. The summed E-state index contributed by atoms with van der Waals surface area (Å²) in [7, 11) is 0. The number of nitrogens with one attached hydrogen (secondary N) is 1. The summed E-state index contributed by atoms with van der Waals surface area (Å²) in [6.45, 7) is 4.52. The molecule has 1 saturated heterocycles. The van der Waals surface area contributed by atoms with Crippen molar-refractivity contribution < 1.29 is 0 Å². The molecular formula is C11H19N3. The summed E-state index contributed by atoms with van der Waals surface area (Å²) in [6.07, 6.45) is 6.37. The monoisotopic (exact) mass is 193 g/mol. The molecule has 1 aromatic rings. The number of hydrogen-bond donors (Lipinski definition) is 2. The van der Waals surface area contributed by atoms with Gasteiger partial charge in [-0.2, -0.15) is 0 Å². The molecule has 3 nitrogen and oxygen atoms in total. The number of nitrogens with two attached hydrogens (primary N) is 1.